The van der Waals surface area contributed by atoms with Crippen LogP contribution in [0.4, 0.5) is 0 Å². The van der Waals surface area contributed by atoms with E-state index in [1.807, 2.05) is 12.3 Å². The van der Waals surface area contributed by atoms with Gasteiger partial charge in [0.05, 0.1) is 0 Å². The van der Waals surface area contributed by atoms with Gasteiger partial charge >= 0.3 is 0 Å². The summed E-state index contributed by atoms with van der Waals surface area (Å²) in [6.45, 7) is 5.99. The molecule has 3 rings (SSSR count). The van der Waals surface area contributed by atoms with Crippen LogP contribution < -0.4 is 0 Å². The zero-order valence-corrected chi connectivity index (χ0v) is 16.3. The molecule has 1 aliphatic rings. The summed E-state index contributed by atoms with van der Waals surface area (Å²) in [5, 5.41) is 0. The van der Waals surface area contributed by atoms with E-state index in [2.05, 4.69) is 66.2 Å². The van der Waals surface area contributed by atoms with Gasteiger partial charge in [-0.05, 0) is 63.8 Å². The lowest BCUT2D eigenvalue weighted by Crippen LogP contribution is -2.44. The SMILES string of the molecule is CC1CCCC(C)N1CCCC(c1ccccc1)c1ccccn1.Cl. The van der Waals surface area contributed by atoms with Gasteiger partial charge in [-0.25, -0.2) is 0 Å². The molecule has 0 aliphatic carbocycles. The summed E-state index contributed by atoms with van der Waals surface area (Å²) in [5.74, 6) is 0.405. The Bertz CT molecular complexity index is 552. The van der Waals surface area contributed by atoms with E-state index in [4.69, 9.17) is 0 Å². The smallest absolute Gasteiger partial charge is 0.0478 e. The minimum absolute atomic E-state index is 0. The number of hydrogen-bond acceptors (Lipinski definition) is 2. The van der Waals surface area contributed by atoms with E-state index in [0.29, 0.717) is 5.92 Å². The van der Waals surface area contributed by atoms with Gasteiger partial charge in [-0.3, -0.25) is 9.88 Å². The molecule has 25 heavy (non-hydrogen) atoms. The van der Waals surface area contributed by atoms with Gasteiger partial charge in [-0.2, -0.15) is 0 Å². The zero-order valence-electron chi connectivity index (χ0n) is 15.5. The molecule has 0 amide bonds. The first-order valence-corrected chi connectivity index (χ1v) is 9.47. The minimum atomic E-state index is 0. The van der Waals surface area contributed by atoms with Gasteiger partial charge in [-0.15, -0.1) is 12.4 Å². The highest BCUT2D eigenvalue weighted by Gasteiger charge is 2.24. The lowest BCUT2D eigenvalue weighted by atomic mass is 9.90. The first-order valence-electron chi connectivity index (χ1n) is 9.47. The van der Waals surface area contributed by atoms with Crippen LogP contribution in [0.25, 0.3) is 0 Å². The van der Waals surface area contributed by atoms with Crippen LogP contribution in [0.1, 0.15) is 63.1 Å². The number of nitrogens with zero attached hydrogens (tertiary/aromatic N) is 2. The number of hydrogen-bond donors (Lipinski definition) is 0. The van der Waals surface area contributed by atoms with Gasteiger partial charge in [0.15, 0.2) is 0 Å². The van der Waals surface area contributed by atoms with Gasteiger partial charge in [0.1, 0.15) is 0 Å². The largest absolute Gasteiger partial charge is 0.298 e. The summed E-state index contributed by atoms with van der Waals surface area (Å²) < 4.78 is 0. The Balaban J connectivity index is 0.00000225. The van der Waals surface area contributed by atoms with Crippen molar-refractivity contribution in [3.63, 3.8) is 0 Å². The maximum absolute atomic E-state index is 4.64. The van der Waals surface area contributed by atoms with Crippen molar-refractivity contribution in [3.8, 4) is 0 Å². The second-order valence-electron chi connectivity index (χ2n) is 7.23. The number of pyridine rings is 1. The normalized spacial score (nSPS) is 22.2. The minimum Gasteiger partial charge on any atom is -0.298 e. The van der Waals surface area contributed by atoms with Crippen molar-refractivity contribution in [1.29, 1.82) is 0 Å². The molecule has 3 atom stereocenters. The number of benzene rings is 1. The fourth-order valence-corrected chi connectivity index (χ4v) is 4.15. The number of aromatic nitrogens is 1. The van der Waals surface area contributed by atoms with E-state index in [0.717, 1.165) is 18.5 Å². The van der Waals surface area contributed by atoms with Crippen LogP contribution >= 0.6 is 12.4 Å². The Hall–Kier alpha value is -1.38. The Kier molecular flexibility index (Phi) is 7.92. The highest BCUT2D eigenvalue weighted by molar-refractivity contribution is 5.85. The number of halogens is 1. The summed E-state index contributed by atoms with van der Waals surface area (Å²) in [5.41, 5.74) is 2.58. The molecule has 1 fully saturated rings. The van der Waals surface area contributed by atoms with E-state index in [-0.39, 0.29) is 12.4 Å². The molecule has 2 nitrogen and oxygen atoms in total. The second-order valence-corrected chi connectivity index (χ2v) is 7.23. The summed E-state index contributed by atoms with van der Waals surface area (Å²) >= 11 is 0. The Morgan fingerprint density at radius 3 is 2.32 bits per heavy atom. The Morgan fingerprint density at radius 1 is 1.00 bits per heavy atom. The zero-order chi connectivity index (χ0) is 16.8. The molecule has 3 unspecified atom stereocenters. The molecule has 1 aliphatic heterocycles. The molecule has 0 saturated carbocycles. The summed E-state index contributed by atoms with van der Waals surface area (Å²) in [6, 6.07) is 18.6. The fraction of sp³-hybridized carbons (Fsp3) is 0.500. The third kappa shape index (κ3) is 5.29. The Morgan fingerprint density at radius 2 is 1.68 bits per heavy atom. The van der Waals surface area contributed by atoms with Gasteiger partial charge in [0.25, 0.3) is 0 Å². The summed E-state index contributed by atoms with van der Waals surface area (Å²) in [4.78, 5) is 7.35. The standard InChI is InChI=1S/C22H30N2.ClH/c1-18-10-8-11-19(2)24(18)17-9-14-21(20-12-4-3-5-13-20)22-15-6-7-16-23-22;/h3-7,12-13,15-16,18-19,21H,8-11,14,17H2,1-2H3;1H. The van der Waals surface area contributed by atoms with E-state index in [9.17, 15) is 0 Å². The number of piperidine rings is 1. The quantitative estimate of drug-likeness (QED) is 0.660. The lowest BCUT2D eigenvalue weighted by Gasteiger charge is -2.39. The summed E-state index contributed by atoms with van der Waals surface area (Å²) in [7, 11) is 0. The first-order chi connectivity index (χ1) is 11.8. The predicted octanol–water partition coefficient (Wildman–Crippen LogP) is 5.68. The molecular formula is C22H31ClN2. The molecule has 0 spiro atoms. The highest BCUT2D eigenvalue weighted by atomic mass is 35.5. The third-order valence-corrected chi connectivity index (χ3v) is 5.53. The van der Waals surface area contributed by atoms with Crippen molar-refractivity contribution in [3.05, 3.63) is 66.0 Å². The average molecular weight is 359 g/mol. The van der Waals surface area contributed by atoms with Crippen LogP contribution in [0.15, 0.2) is 54.7 Å². The topological polar surface area (TPSA) is 16.1 Å². The van der Waals surface area contributed by atoms with Crippen LogP contribution in [-0.4, -0.2) is 28.5 Å². The van der Waals surface area contributed by atoms with Gasteiger partial charge in [0.2, 0.25) is 0 Å². The second kappa shape index (κ2) is 9.94. The maximum atomic E-state index is 4.64. The molecule has 2 heterocycles. The van der Waals surface area contributed by atoms with Crippen LogP contribution in [-0.2, 0) is 0 Å². The molecule has 2 aromatic rings. The van der Waals surface area contributed by atoms with Crippen LogP contribution in [0.2, 0.25) is 0 Å². The predicted molar refractivity (Wildman–Crippen MR) is 108 cm³/mol. The van der Waals surface area contributed by atoms with Crippen molar-refractivity contribution in [2.45, 2.75) is 64.0 Å². The molecular weight excluding hydrogens is 328 g/mol. The fourth-order valence-electron chi connectivity index (χ4n) is 4.15. The highest BCUT2D eigenvalue weighted by Crippen LogP contribution is 2.29. The van der Waals surface area contributed by atoms with Crippen molar-refractivity contribution in [2.75, 3.05) is 6.54 Å². The van der Waals surface area contributed by atoms with Gasteiger partial charge in [0, 0.05) is 29.9 Å². The maximum Gasteiger partial charge on any atom is 0.0478 e. The monoisotopic (exact) mass is 358 g/mol. The first kappa shape index (κ1) is 19.9. The molecule has 0 radical (unpaired) electrons. The molecule has 1 saturated heterocycles. The summed E-state index contributed by atoms with van der Waals surface area (Å²) in [6.07, 6.45) is 8.40. The molecule has 1 aromatic heterocycles. The van der Waals surface area contributed by atoms with Gasteiger partial charge in [-0.1, -0.05) is 42.8 Å². The van der Waals surface area contributed by atoms with E-state index >= 15 is 0 Å². The van der Waals surface area contributed by atoms with Crippen LogP contribution in [0, 0.1) is 0 Å². The molecule has 3 heteroatoms. The van der Waals surface area contributed by atoms with E-state index < -0.39 is 0 Å². The molecule has 136 valence electrons. The van der Waals surface area contributed by atoms with Crippen molar-refractivity contribution < 1.29 is 0 Å². The van der Waals surface area contributed by atoms with Gasteiger partial charge < -0.3 is 0 Å². The van der Waals surface area contributed by atoms with Crippen molar-refractivity contribution >= 4 is 12.4 Å². The number of rotatable bonds is 6. The Labute approximate surface area is 159 Å². The molecule has 1 aromatic carbocycles. The third-order valence-electron chi connectivity index (χ3n) is 5.53. The average Bonchev–Trinajstić information content (AvgIpc) is 2.62. The van der Waals surface area contributed by atoms with Crippen molar-refractivity contribution in [1.82, 2.24) is 9.88 Å². The van der Waals surface area contributed by atoms with Crippen LogP contribution in [0.3, 0.4) is 0 Å². The lowest BCUT2D eigenvalue weighted by molar-refractivity contribution is 0.101. The number of likely N-dealkylation sites (tertiary alicyclic amines) is 1. The molecule has 0 bridgehead atoms. The van der Waals surface area contributed by atoms with Crippen LogP contribution in [0.5, 0.6) is 0 Å². The van der Waals surface area contributed by atoms with E-state index in [1.54, 1.807) is 0 Å². The molecule has 0 N–H and O–H groups in total. The van der Waals surface area contributed by atoms with E-state index in [1.165, 1.54) is 43.5 Å². The van der Waals surface area contributed by atoms with Crippen molar-refractivity contribution in [2.24, 2.45) is 0 Å².